The topological polar surface area (TPSA) is 180 Å². The molecule has 1 atom stereocenters. The van der Waals surface area contributed by atoms with Crippen LogP contribution >= 0.6 is 11.6 Å². The highest BCUT2D eigenvalue weighted by Gasteiger charge is 2.26. The third kappa shape index (κ3) is 19.5. The van der Waals surface area contributed by atoms with Gasteiger partial charge in [0.2, 0.25) is 0 Å². The largest absolute Gasteiger partial charge is 0.491 e. The van der Waals surface area contributed by atoms with Crippen molar-refractivity contribution in [2.75, 3.05) is 71.3 Å². The van der Waals surface area contributed by atoms with E-state index in [1.807, 2.05) is 41.5 Å². The van der Waals surface area contributed by atoms with Crippen molar-refractivity contribution in [1.82, 2.24) is 9.88 Å². The summed E-state index contributed by atoms with van der Waals surface area (Å²) in [5.41, 5.74) is 4.99. The van der Waals surface area contributed by atoms with Crippen LogP contribution in [0.3, 0.4) is 0 Å². The number of rotatable bonds is 24. The van der Waals surface area contributed by atoms with Gasteiger partial charge in [-0.3, -0.25) is 9.59 Å². The molecule has 2 amide bonds. The molecular weight excluding hydrogens is 808 g/mol. The number of halogens is 1. The van der Waals surface area contributed by atoms with Gasteiger partial charge in [0, 0.05) is 28.9 Å². The zero-order chi connectivity index (χ0) is 45.2. The summed E-state index contributed by atoms with van der Waals surface area (Å²) in [6.07, 6.45) is 1.41. The van der Waals surface area contributed by atoms with Crippen molar-refractivity contribution in [2.24, 2.45) is 5.73 Å². The van der Waals surface area contributed by atoms with Gasteiger partial charge in [-0.2, -0.15) is 0 Å². The summed E-state index contributed by atoms with van der Waals surface area (Å²) in [7, 11) is 0. The molecule has 15 nitrogen and oxygen atoms in total. The van der Waals surface area contributed by atoms with E-state index >= 15 is 0 Å². The number of nitrogens with zero attached hydrogens (tertiary/aromatic N) is 1. The summed E-state index contributed by atoms with van der Waals surface area (Å²) in [4.78, 5) is 41.7. The number of esters is 1. The van der Waals surface area contributed by atoms with Gasteiger partial charge in [0.15, 0.2) is 11.4 Å². The summed E-state index contributed by atoms with van der Waals surface area (Å²) in [5, 5.41) is 6.00. The van der Waals surface area contributed by atoms with Gasteiger partial charge in [0.1, 0.15) is 36.9 Å². The number of hydrogen-bond donors (Lipinski definition) is 3. The molecule has 0 aliphatic carbocycles. The molecule has 0 unspecified atom stereocenters. The summed E-state index contributed by atoms with van der Waals surface area (Å²) >= 11 is 6.70. The fourth-order valence-corrected chi connectivity index (χ4v) is 5.97. The number of ether oxygens (including phenoxy) is 8. The van der Waals surface area contributed by atoms with Crippen molar-refractivity contribution in [1.29, 1.82) is 0 Å². The first kappa shape index (κ1) is 51.0. The predicted octanol–water partition coefficient (Wildman–Crippen LogP) is 7.21. The van der Waals surface area contributed by atoms with Gasteiger partial charge < -0.3 is 58.8 Å². The van der Waals surface area contributed by atoms with Crippen LogP contribution < -0.4 is 36.1 Å². The summed E-state index contributed by atoms with van der Waals surface area (Å²) in [6.45, 7) is 21.8. The van der Waals surface area contributed by atoms with Gasteiger partial charge in [-0.05, 0) is 99.1 Å². The van der Waals surface area contributed by atoms with Gasteiger partial charge in [0.05, 0.1) is 69.9 Å². The Labute approximate surface area is 365 Å². The van der Waals surface area contributed by atoms with E-state index in [1.54, 1.807) is 76.4 Å². The number of carbonyl (C=O) groups is 2. The number of aryl methyl sites for hydroxylation is 1. The van der Waals surface area contributed by atoms with Crippen molar-refractivity contribution in [3.8, 4) is 17.2 Å². The molecule has 0 aliphatic heterocycles. The van der Waals surface area contributed by atoms with Gasteiger partial charge in [0.25, 0.3) is 5.56 Å². The van der Waals surface area contributed by atoms with Crippen molar-refractivity contribution >= 4 is 29.3 Å². The first-order valence-electron chi connectivity index (χ1n) is 20.6. The lowest BCUT2D eigenvalue weighted by atomic mass is 10.0. The van der Waals surface area contributed by atoms with E-state index in [4.69, 9.17) is 55.2 Å². The highest BCUT2D eigenvalue weighted by atomic mass is 35.5. The molecule has 3 rings (SSSR count). The quantitative estimate of drug-likeness (QED) is 0.0609. The molecule has 1 aromatic heterocycles. The Hall–Kier alpha value is -4.38. The van der Waals surface area contributed by atoms with E-state index in [-0.39, 0.29) is 62.0 Å². The molecule has 16 heteroatoms. The van der Waals surface area contributed by atoms with E-state index in [0.29, 0.717) is 72.8 Å². The Morgan fingerprint density at radius 3 is 2.02 bits per heavy atom. The Kier molecular flexibility index (Phi) is 20.3. The van der Waals surface area contributed by atoms with Gasteiger partial charge >= 0.3 is 12.0 Å². The molecule has 1 heterocycles. The lowest BCUT2D eigenvalue weighted by molar-refractivity contribution is -0.155. The zero-order valence-corrected chi connectivity index (χ0v) is 38.3. The third-order valence-corrected chi connectivity index (χ3v) is 8.63. The highest BCUT2D eigenvalue weighted by molar-refractivity contribution is 6.31. The van der Waals surface area contributed by atoms with Crippen molar-refractivity contribution in [3.05, 3.63) is 80.7 Å². The fourth-order valence-electron chi connectivity index (χ4n) is 5.75. The van der Waals surface area contributed by atoms with Crippen LogP contribution in [0.15, 0.2) is 53.5 Å². The summed E-state index contributed by atoms with van der Waals surface area (Å²) in [5.74, 6) is 0.598. The second kappa shape index (κ2) is 24.3. The molecule has 0 spiro atoms. The minimum absolute atomic E-state index is 0.00610. The van der Waals surface area contributed by atoms with Gasteiger partial charge in [-0.25, -0.2) is 4.79 Å². The fraction of sp³-hybridized carbons (Fsp3) is 0.578. The molecule has 2 aromatic carbocycles. The SMILES string of the molecule is Cc1cn(Cc2c(Cl)cccc2OCCOC(C)(C)C)c(=O)c(NC(=O)N[C@@H](CC(=O)OC(C)(C)C)c2cccc(OCCOC(C)(C)C)c2)c1OCCOCCOCCN. The number of aromatic nitrogens is 1. The lowest BCUT2D eigenvalue weighted by Crippen LogP contribution is -2.37. The number of carbonyl (C=O) groups excluding carboxylic acids is 2. The number of urea groups is 1. The molecule has 4 N–H and O–H groups in total. The Balaban J connectivity index is 1.95. The maximum atomic E-state index is 14.4. The minimum Gasteiger partial charge on any atom is -0.491 e. The monoisotopic (exact) mass is 874 g/mol. The number of benzene rings is 2. The highest BCUT2D eigenvalue weighted by Crippen LogP contribution is 2.31. The van der Waals surface area contributed by atoms with Crippen LogP contribution in [-0.4, -0.2) is 99.4 Å². The Bertz CT molecular complexity index is 1900. The third-order valence-electron chi connectivity index (χ3n) is 8.28. The average molecular weight is 876 g/mol. The smallest absolute Gasteiger partial charge is 0.319 e. The molecule has 0 aliphatic rings. The Morgan fingerprint density at radius 2 is 1.38 bits per heavy atom. The molecule has 0 radical (unpaired) electrons. The molecule has 340 valence electrons. The Morgan fingerprint density at radius 1 is 0.770 bits per heavy atom. The lowest BCUT2D eigenvalue weighted by Gasteiger charge is -2.24. The normalized spacial score (nSPS) is 12.5. The van der Waals surface area contributed by atoms with Crippen molar-refractivity contribution in [3.63, 3.8) is 0 Å². The van der Waals surface area contributed by atoms with E-state index in [2.05, 4.69) is 10.6 Å². The zero-order valence-electron chi connectivity index (χ0n) is 37.6. The van der Waals surface area contributed by atoms with E-state index in [9.17, 15) is 14.4 Å². The van der Waals surface area contributed by atoms with Crippen molar-refractivity contribution in [2.45, 2.75) is 105 Å². The second-order valence-corrected chi connectivity index (χ2v) is 17.6. The van der Waals surface area contributed by atoms with Crippen LogP contribution in [0.25, 0.3) is 0 Å². The maximum absolute atomic E-state index is 14.4. The van der Waals surface area contributed by atoms with Crippen LogP contribution in [0, 0.1) is 6.92 Å². The maximum Gasteiger partial charge on any atom is 0.319 e. The number of pyridine rings is 1. The first-order chi connectivity index (χ1) is 28.7. The van der Waals surface area contributed by atoms with E-state index < -0.39 is 29.2 Å². The van der Waals surface area contributed by atoms with Crippen LogP contribution in [0.1, 0.15) is 91.5 Å². The van der Waals surface area contributed by atoms with Crippen LogP contribution in [0.4, 0.5) is 10.5 Å². The number of anilines is 1. The van der Waals surface area contributed by atoms with Crippen molar-refractivity contribution < 1.29 is 47.5 Å². The van der Waals surface area contributed by atoms with E-state index in [0.717, 1.165) is 0 Å². The molecule has 0 bridgehead atoms. The molecule has 0 fully saturated rings. The van der Waals surface area contributed by atoms with Crippen LogP contribution in [0.5, 0.6) is 17.2 Å². The van der Waals surface area contributed by atoms with Gasteiger partial charge in [-0.15, -0.1) is 0 Å². The molecule has 0 saturated heterocycles. The van der Waals surface area contributed by atoms with Crippen LogP contribution in [0.2, 0.25) is 5.02 Å². The number of nitrogens with two attached hydrogens (primary N) is 1. The predicted molar refractivity (Wildman–Crippen MR) is 236 cm³/mol. The average Bonchev–Trinajstić information content (AvgIpc) is 3.15. The summed E-state index contributed by atoms with van der Waals surface area (Å²) in [6, 6.07) is 10.6. The minimum atomic E-state index is -0.888. The van der Waals surface area contributed by atoms with Crippen LogP contribution in [-0.2, 0) is 35.0 Å². The number of nitrogens with one attached hydrogen (secondary N) is 2. The second-order valence-electron chi connectivity index (χ2n) is 17.2. The molecule has 3 aromatic rings. The summed E-state index contributed by atoms with van der Waals surface area (Å²) < 4.78 is 47.8. The van der Waals surface area contributed by atoms with E-state index in [1.165, 1.54) is 4.57 Å². The molecular formula is C45H67ClN4O11. The van der Waals surface area contributed by atoms with Gasteiger partial charge in [-0.1, -0.05) is 29.8 Å². The number of amides is 2. The molecule has 61 heavy (non-hydrogen) atoms. The molecule has 0 saturated carbocycles. The number of hydrogen-bond acceptors (Lipinski definition) is 12. The first-order valence-corrected chi connectivity index (χ1v) is 21.0. The standard InChI is InChI=1S/C45H67ClN4O11/c1-31-29-50(30-34-35(46)15-12-16-37(34)57-24-26-60-44(5,6)7)41(52)39(40(31)58-22-21-55-20-19-54-18-17-47)49-42(53)48-36(28-38(51)61-45(8,9)10)32-13-11-14-33(27-32)56-23-25-59-43(2,3)4/h11-16,27,29,36H,17-26,28,30,47H2,1-10H3,(H2,48,49,53)/t36-/m0/s1.